The third-order valence-electron chi connectivity index (χ3n) is 5.18. The summed E-state index contributed by atoms with van der Waals surface area (Å²) in [5.41, 5.74) is 1.42. The van der Waals surface area contributed by atoms with Crippen LogP contribution in [0.3, 0.4) is 0 Å². The lowest BCUT2D eigenvalue weighted by molar-refractivity contribution is 0.0921. The fourth-order valence-electron chi connectivity index (χ4n) is 3.40. The van der Waals surface area contributed by atoms with Gasteiger partial charge in [0.05, 0.1) is 26.9 Å². The number of Topliss-reactive ketones (excluding diaryl/α,β-unsaturated/α-hetero) is 1. The van der Waals surface area contributed by atoms with Gasteiger partial charge in [0, 0.05) is 17.0 Å². The molecule has 7 heteroatoms. The summed E-state index contributed by atoms with van der Waals surface area (Å²) in [5, 5.41) is 0.716. The van der Waals surface area contributed by atoms with Crippen LogP contribution in [0.15, 0.2) is 75.9 Å². The highest BCUT2D eigenvalue weighted by Crippen LogP contribution is 2.32. The van der Waals surface area contributed by atoms with Crippen LogP contribution in [0.4, 0.5) is 0 Å². The normalized spacial score (nSPS) is 10.6. The van der Waals surface area contributed by atoms with Crippen LogP contribution in [-0.2, 0) is 0 Å². The summed E-state index contributed by atoms with van der Waals surface area (Å²) in [4.78, 5) is 25.0. The van der Waals surface area contributed by atoms with Crippen LogP contribution in [0.5, 0.6) is 23.0 Å². The molecule has 3 aromatic carbocycles. The fourth-order valence-corrected chi connectivity index (χ4v) is 3.40. The number of carbonyl (C=O) groups is 1. The second-order valence-electron chi connectivity index (χ2n) is 7.16. The maximum Gasteiger partial charge on any atom is 0.344 e. The molecular formula is C26H22O7. The van der Waals surface area contributed by atoms with Crippen molar-refractivity contribution in [3.8, 4) is 34.1 Å². The van der Waals surface area contributed by atoms with Gasteiger partial charge in [-0.15, -0.1) is 0 Å². The van der Waals surface area contributed by atoms with Gasteiger partial charge in [-0.1, -0.05) is 6.07 Å². The number of carbonyl (C=O) groups excluding carboxylic acids is 1. The zero-order chi connectivity index (χ0) is 23.4. The Morgan fingerprint density at radius 2 is 1.52 bits per heavy atom. The van der Waals surface area contributed by atoms with Crippen molar-refractivity contribution in [2.75, 3.05) is 27.9 Å². The van der Waals surface area contributed by atoms with Gasteiger partial charge >= 0.3 is 5.63 Å². The van der Waals surface area contributed by atoms with Gasteiger partial charge in [-0.25, -0.2) is 4.79 Å². The third-order valence-corrected chi connectivity index (χ3v) is 5.18. The van der Waals surface area contributed by atoms with E-state index in [1.165, 1.54) is 7.11 Å². The monoisotopic (exact) mass is 446 g/mol. The van der Waals surface area contributed by atoms with Crippen molar-refractivity contribution in [1.82, 2.24) is 0 Å². The molecule has 0 aliphatic heterocycles. The van der Waals surface area contributed by atoms with E-state index in [4.69, 9.17) is 23.4 Å². The van der Waals surface area contributed by atoms with Crippen LogP contribution in [-0.4, -0.2) is 33.7 Å². The van der Waals surface area contributed by atoms with E-state index in [1.54, 1.807) is 80.9 Å². The molecule has 0 aliphatic rings. The van der Waals surface area contributed by atoms with E-state index < -0.39 is 5.63 Å². The average Bonchev–Trinajstić information content (AvgIpc) is 2.86. The maximum atomic E-state index is 12.7. The van der Waals surface area contributed by atoms with Crippen molar-refractivity contribution in [3.63, 3.8) is 0 Å². The molecule has 4 rings (SSSR count). The van der Waals surface area contributed by atoms with Crippen molar-refractivity contribution in [2.24, 2.45) is 0 Å². The number of benzene rings is 3. The Hall–Kier alpha value is -4.26. The van der Waals surface area contributed by atoms with Crippen LogP contribution in [0, 0.1) is 0 Å². The molecule has 0 fully saturated rings. The van der Waals surface area contributed by atoms with Gasteiger partial charge in [0.1, 0.15) is 17.1 Å². The molecule has 0 atom stereocenters. The van der Waals surface area contributed by atoms with Crippen LogP contribution < -0.4 is 24.6 Å². The molecule has 1 aromatic heterocycles. The first-order chi connectivity index (χ1) is 16.0. The summed E-state index contributed by atoms with van der Waals surface area (Å²) >= 11 is 0. The van der Waals surface area contributed by atoms with E-state index in [0.717, 1.165) is 0 Å². The first kappa shape index (κ1) is 22.0. The van der Waals surface area contributed by atoms with Gasteiger partial charge in [-0.2, -0.15) is 0 Å². The van der Waals surface area contributed by atoms with Crippen LogP contribution >= 0.6 is 0 Å². The maximum absolute atomic E-state index is 12.7. The van der Waals surface area contributed by atoms with Crippen molar-refractivity contribution in [3.05, 3.63) is 82.7 Å². The molecule has 168 valence electrons. The summed E-state index contributed by atoms with van der Waals surface area (Å²) in [6.07, 6.45) is 0. The van der Waals surface area contributed by atoms with E-state index in [1.807, 2.05) is 0 Å². The molecule has 4 aromatic rings. The summed E-state index contributed by atoms with van der Waals surface area (Å²) in [6.45, 7) is -0.147. The number of hydrogen-bond acceptors (Lipinski definition) is 7. The lowest BCUT2D eigenvalue weighted by Crippen LogP contribution is -2.11. The molecule has 0 radical (unpaired) electrons. The highest BCUT2D eigenvalue weighted by Gasteiger charge is 2.13. The SMILES string of the molecule is COc1ccc(C(=O)COc2ccc3cc(-c4ccc(OC)c(OC)c4)c(=O)oc3c2)cc1. The minimum atomic E-state index is -0.499. The van der Waals surface area contributed by atoms with Crippen molar-refractivity contribution in [2.45, 2.75) is 0 Å². The molecule has 0 bridgehead atoms. The molecule has 0 saturated heterocycles. The molecule has 0 unspecified atom stereocenters. The Kier molecular flexibility index (Phi) is 6.31. The molecule has 33 heavy (non-hydrogen) atoms. The molecule has 1 heterocycles. The smallest absolute Gasteiger partial charge is 0.344 e. The quantitative estimate of drug-likeness (QED) is 0.285. The van der Waals surface area contributed by atoms with E-state index >= 15 is 0 Å². The van der Waals surface area contributed by atoms with Gasteiger partial charge in [0.15, 0.2) is 23.9 Å². The molecule has 0 saturated carbocycles. The van der Waals surface area contributed by atoms with Crippen molar-refractivity contribution in [1.29, 1.82) is 0 Å². The summed E-state index contributed by atoms with van der Waals surface area (Å²) in [5.74, 6) is 2.00. The summed E-state index contributed by atoms with van der Waals surface area (Å²) < 4.78 is 26.8. The van der Waals surface area contributed by atoms with Gasteiger partial charge in [-0.05, 0) is 60.2 Å². The lowest BCUT2D eigenvalue weighted by Gasteiger charge is -2.10. The topological polar surface area (TPSA) is 84.2 Å². The zero-order valence-electron chi connectivity index (χ0n) is 18.4. The van der Waals surface area contributed by atoms with E-state index in [9.17, 15) is 9.59 Å². The lowest BCUT2D eigenvalue weighted by atomic mass is 10.1. The standard InChI is InChI=1S/C26H22O7/c1-29-19-8-4-16(5-9-19)22(27)15-32-20-10-6-18-12-21(26(28)33-24(18)14-20)17-7-11-23(30-2)25(13-17)31-3/h4-14H,15H2,1-3H3. The van der Waals surface area contributed by atoms with Crippen molar-refractivity contribution >= 4 is 16.8 Å². The number of methoxy groups -OCH3 is 3. The van der Waals surface area contributed by atoms with Gasteiger partial charge in [-0.3, -0.25) is 4.79 Å². The highest BCUT2D eigenvalue weighted by atomic mass is 16.5. The largest absolute Gasteiger partial charge is 0.497 e. The van der Waals surface area contributed by atoms with Crippen LogP contribution in [0.25, 0.3) is 22.1 Å². The number of rotatable bonds is 8. The summed E-state index contributed by atoms with van der Waals surface area (Å²) in [6, 6.07) is 18.8. The van der Waals surface area contributed by atoms with Gasteiger partial charge in [0.2, 0.25) is 0 Å². The fraction of sp³-hybridized carbons (Fsp3) is 0.154. The molecule has 0 aliphatic carbocycles. The van der Waals surface area contributed by atoms with Crippen molar-refractivity contribution < 1.29 is 28.2 Å². The van der Waals surface area contributed by atoms with Gasteiger partial charge in [0.25, 0.3) is 0 Å². The predicted octanol–water partition coefficient (Wildman–Crippen LogP) is 4.75. The molecule has 0 N–H and O–H groups in total. The number of ether oxygens (including phenoxy) is 4. The first-order valence-corrected chi connectivity index (χ1v) is 10.1. The Morgan fingerprint density at radius 3 is 2.21 bits per heavy atom. The second kappa shape index (κ2) is 9.48. The minimum Gasteiger partial charge on any atom is -0.497 e. The molecule has 0 spiro atoms. The van der Waals surface area contributed by atoms with E-state index in [0.29, 0.717) is 50.7 Å². The summed E-state index contributed by atoms with van der Waals surface area (Å²) in [7, 11) is 4.65. The second-order valence-corrected chi connectivity index (χ2v) is 7.16. The van der Waals surface area contributed by atoms with Crippen LogP contribution in [0.1, 0.15) is 10.4 Å². The Labute approximate surface area is 190 Å². The van der Waals surface area contributed by atoms with E-state index in [-0.39, 0.29) is 12.4 Å². The molecule has 0 amide bonds. The third kappa shape index (κ3) is 4.67. The Balaban J connectivity index is 1.55. The van der Waals surface area contributed by atoms with Gasteiger partial charge < -0.3 is 23.4 Å². The van der Waals surface area contributed by atoms with Crippen LogP contribution in [0.2, 0.25) is 0 Å². The Morgan fingerprint density at radius 1 is 0.788 bits per heavy atom. The average molecular weight is 446 g/mol. The number of ketones is 1. The minimum absolute atomic E-state index is 0.147. The highest BCUT2D eigenvalue weighted by molar-refractivity contribution is 5.97. The number of hydrogen-bond donors (Lipinski definition) is 0. The predicted molar refractivity (Wildman–Crippen MR) is 124 cm³/mol. The molecular weight excluding hydrogens is 424 g/mol. The molecule has 7 nitrogen and oxygen atoms in total. The Bertz CT molecular complexity index is 1350. The zero-order valence-corrected chi connectivity index (χ0v) is 18.4. The number of fused-ring (bicyclic) bond motifs is 1. The van der Waals surface area contributed by atoms with E-state index in [2.05, 4.69) is 0 Å². The first-order valence-electron chi connectivity index (χ1n) is 10.1.